The zero-order valence-corrected chi connectivity index (χ0v) is 16.2. The molecule has 1 aromatic heterocycles. The van der Waals surface area contributed by atoms with Crippen LogP contribution in [0, 0.1) is 6.92 Å². The molecule has 0 aliphatic carbocycles. The summed E-state index contributed by atoms with van der Waals surface area (Å²) in [5.74, 6) is 2.47. The quantitative estimate of drug-likeness (QED) is 0.541. The van der Waals surface area contributed by atoms with Crippen molar-refractivity contribution in [3.8, 4) is 23.0 Å². The number of carbonyl (C=O) groups excluding carboxylic acids is 1. The molecule has 3 aromatic rings. The summed E-state index contributed by atoms with van der Waals surface area (Å²) in [5.41, 5.74) is 2.69. The topological polar surface area (TPSA) is 70.8 Å². The Kier molecular flexibility index (Phi) is 6.32. The fraction of sp³-hybridized carbons (Fsp3) is 0.273. The monoisotopic (exact) mass is 381 g/mol. The SMILES string of the molecule is COC(=O)CCc1ccc(OCc2oc(-c3cccc(OC)c3)nc2C)cc1. The Bertz CT molecular complexity index is 930. The smallest absolute Gasteiger partial charge is 0.305 e. The molecule has 0 radical (unpaired) electrons. The molecular weight excluding hydrogens is 358 g/mol. The van der Waals surface area contributed by atoms with Gasteiger partial charge in [0.25, 0.3) is 0 Å². The van der Waals surface area contributed by atoms with E-state index < -0.39 is 0 Å². The maximum atomic E-state index is 11.2. The number of aromatic nitrogens is 1. The lowest BCUT2D eigenvalue weighted by Crippen LogP contribution is -2.02. The minimum Gasteiger partial charge on any atom is -0.497 e. The molecule has 6 nitrogen and oxygen atoms in total. The summed E-state index contributed by atoms with van der Waals surface area (Å²) in [6.45, 7) is 2.17. The highest BCUT2D eigenvalue weighted by molar-refractivity contribution is 5.69. The van der Waals surface area contributed by atoms with Crippen molar-refractivity contribution < 1.29 is 23.4 Å². The molecule has 2 aromatic carbocycles. The summed E-state index contributed by atoms with van der Waals surface area (Å²) in [6.07, 6.45) is 0.999. The Morgan fingerprint density at radius 2 is 1.86 bits per heavy atom. The Balaban J connectivity index is 1.61. The summed E-state index contributed by atoms with van der Waals surface area (Å²) in [6, 6.07) is 15.2. The molecule has 0 N–H and O–H groups in total. The lowest BCUT2D eigenvalue weighted by atomic mass is 10.1. The van der Waals surface area contributed by atoms with Crippen molar-refractivity contribution in [1.82, 2.24) is 4.98 Å². The number of carbonyl (C=O) groups is 1. The van der Waals surface area contributed by atoms with E-state index in [-0.39, 0.29) is 12.6 Å². The third kappa shape index (κ3) is 4.91. The second kappa shape index (κ2) is 9.08. The first-order chi connectivity index (χ1) is 13.6. The Labute approximate surface area is 164 Å². The Morgan fingerprint density at radius 1 is 1.07 bits per heavy atom. The molecule has 0 amide bonds. The molecule has 3 rings (SSSR count). The van der Waals surface area contributed by atoms with E-state index in [0.29, 0.717) is 24.5 Å². The van der Waals surface area contributed by atoms with Crippen molar-refractivity contribution in [2.75, 3.05) is 14.2 Å². The average molecular weight is 381 g/mol. The van der Waals surface area contributed by atoms with Crippen molar-refractivity contribution in [2.45, 2.75) is 26.4 Å². The van der Waals surface area contributed by atoms with Crippen LogP contribution < -0.4 is 9.47 Å². The molecule has 0 aliphatic rings. The van der Waals surface area contributed by atoms with Crippen molar-refractivity contribution in [1.29, 1.82) is 0 Å². The summed E-state index contributed by atoms with van der Waals surface area (Å²) in [5, 5.41) is 0. The van der Waals surface area contributed by atoms with Crippen LogP contribution in [0.4, 0.5) is 0 Å². The number of oxazole rings is 1. The van der Waals surface area contributed by atoms with E-state index in [2.05, 4.69) is 9.72 Å². The molecule has 0 spiro atoms. The fourth-order valence-electron chi connectivity index (χ4n) is 2.69. The lowest BCUT2D eigenvalue weighted by Gasteiger charge is -2.06. The average Bonchev–Trinajstić information content (AvgIpc) is 3.11. The Hall–Kier alpha value is -3.28. The number of rotatable bonds is 8. The molecule has 6 heteroatoms. The largest absolute Gasteiger partial charge is 0.497 e. The minimum absolute atomic E-state index is 0.215. The van der Waals surface area contributed by atoms with Gasteiger partial charge in [-0.2, -0.15) is 0 Å². The minimum atomic E-state index is -0.215. The third-order valence-electron chi connectivity index (χ3n) is 4.35. The maximum absolute atomic E-state index is 11.2. The number of esters is 1. The van der Waals surface area contributed by atoms with Gasteiger partial charge in [0.15, 0.2) is 5.76 Å². The predicted octanol–water partition coefficient (Wildman–Crippen LogP) is 4.34. The molecule has 0 atom stereocenters. The second-order valence-corrected chi connectivity index (χ2v) is 6.27. The number of benzene rings is 2. The van der Waals surface area contributed by atoms with Gasteiger partial charge >= 0.3 is 5.97 Å². The van der Waals surface area contributed by atoms with E-state index in [1.165, 1.54) is 7.11 Å². The molecule has 0 bridgehead atoms. The van der Waals surface area contributed by atoms with Crippen molar-refractivity contribution >= 4 is 5.97 Å². The number of nitrogens with zero attached hydrogens (tertiary/aromatic N) is 1. The molecular formula is C22H23NO5. The summed E-state index contributed by atoms with van der Waals surface area (Å²) in [7, 11) is 3.02. The highest BCUT2D eigenvalue weighted by Gasteiger charge is 2.13. The summed E-state index contributed by atoms with van der Waals surface area (Å²) < 4.78 is 21.6. The zero-order chi connectivity index (χ0) is 19.9. The molecule has 0 saturated carbocycles. The van der Waals surface area contributed by atoms with Crippen LogP contribution in [0.2, 0.25) is 0 Å². The third-order valence-corrected chi connectivity index (χ3v) is 4.35. The number of aryl methyl sites for hydroxylation is 2. The van der Waals surface area contributed by atoms with Crippen LogP contribution in [-0.4, -0.2) is 25.2 Å². The van der Waals surface area contributed by atoms with Crippen molar-refractivity contribution in [3.63, 3.8) is 0 Å². The van der Waals surface area contributed by atoms with E-state index >= 15 is 0 Å². The number of ether oxygens (including phenoxy) is 3. The first kappa shape index (κ1) is 19.5. The van der Waals surface area contributed by atoms with Crippen molar-refractivity contribution in [2.24, 2.45) is 0 Å². The van der Waals surface area contributed by atoms with Crippen LogP contribution >= 0.6 is 0 Å². The van der Waals surface area contributed by atoms with E-state index in [9.17, 15) is 4.79 Å². The summed E-state index contributed by atoms with van der Waals surface area (Å²) >= 11 is 0. The maximum Gasteiger partial charge on any atom is 0.305 e. The zero-order valence-electron chi connectivity index (χ0n) is 16.2. The van der Waals surface area contributed by atoms with Gasteiger partial charge in [-0.05, 0) is 49.2 Å². The highest BCUT2D eigenvalue weighted by Crippen LogP contribution is 2.26. The van der Waals surface area contributed by atoms with Crippen LogP contribution in [0.1, 0.15) is 23.4 Å². The number of methoxy groups -OCH3 is 2. The van der Waals surface area contributed by atoms with Crippen LogP contribution in [0.25, 0.3) is 11.5 Å². The van der Waals surface area contributed by atoms with Gasteiger partial charge < -0.3 is 18.6 Å². The van der Waals surface area contributed by atoms with Crippen molar-refractivity contribution in [3.05, 3.63) is 65.5 Å². The van der Waals surface area contributed by atoms with Gasteiger partial charge in [-0.1, -0.05) is 18.2 Å². The van der Waals surface area contributed by atoms with Gasteiger partial charge in [0.05, 0.1) is 19.9 Å². The van der Waals surface area contributed by atoms with Gasteiger partial charge in [-0.3, -0.25) is 4.79 Å². The van der Waals surface area contributed by atoms with Crippen LogP contribution in [0.5, 0.6) is 11.5 Å². The Morgan fingerprint density at radius 3 is 2.57 bits per heavy atom. The van der Waals surface area contributed by atoms with Gasteiger partial charge in [0, 0.05) is 12.0 Å². The number of hydrogen-bond donors (Lipinski definition) is 0. The molecule has 0 saturated heterocycles. The first-order valence-electron chi connectivity index (χ1n) is 8.98. The molecule has 0 unspecified atom stereocenters. The van der Waals surface area contributed by atoms with Crippen LogP contribution in [-0.2, 0) is 22.6 Å². The molecule has 28 heavy (non-hydrogen) atoms. The molecule has 0 aliphatic heterocycles. The number of hydrogen-bond acceptors (Lipinski definition) is 6. The van der Waals surface area contributed by atoms with E-state index in [1.807, 2.05) is 55.5 Å². The van der Waals surface area contributed by atoms with E-state index in [0.717, 1.165) is 28.3 Å². The highest BCUT2D eigenvalue weighted by atomic mass is 16.5. The van der Waals surface area contributed by atoms with Gasteiger partial charge in [-0.15, -0.1) is 0 Å². The van der Waals surface area contributed by atoms with Crippen LogP contribution in [0.15, 0.2) is 52.9 Å². The van der Waals surface area contributed by atoms with E-state index in [4.69, 9.17) is 13.9 Å². The van der Waals surface area contributed by atoms with Gasteiger partial charge in [0.2, 0.25) is 5.89 Å². The van der Waals surface area contributed by atoms with Crippen LogP contribution in [0.3, 0.4) is 0 Å². The molecule has 1 heterocycles. The van der Waals surface area contributed by atoms with Gasteiger partial charge in [-0.25, -0.2) is 4.98 Å². The standard InChI is InChI=1S/C22H23NO5/c1-15-20(28-22(23-15)17-5-4-6-19(13-17)25-2)14-27-18-10-7-16(8-11-18)9-12-21(24)26-3/h4-8,10-11,13H,9,12,14H2,1-3H3. The molecule has 0 fully saturated rings. The fourth-order valence-corrected chi connectivity index (χ4v) is 2.69. The lowest BCUT2D eigenvalue weighted by molar-refractivity contribution is -0.140. The molecule has 146 valence electrons. The van der Waals surface area contributed by atoms with E-state index in [1.54, 1.807) is 7.11 Å². The van der Waals surface area contributed by atoms with Gasteiger partial charge in [0.1, 0.15) is 18.1 Å². The normalized spacial score (nSPS) is 10.5. The summed E-state index contributed by atoms with van der Waals surface area (Å²) in [4.78, 5) is 15.7. The second-order valence-electron chi connectivity index (χ2n) is 6.27. The predicted molar refractivity (Wildman–Crippen MR) is 104 cm³/mol. The first-order valence-corrected chi connectivity index (χ1v) is 8.98.